The van der Waals surface area contributed by atoms with E-state index in [9.17, 15) is 4.79 Å². The van der Waals surface area contributed by atoms with Gasteiger partial charge in [-0.15, -0.1) is 0 Å². The molecule has 116 valence electrons. The zero-order chi connectivity index (χ0) is 15.8. The second-order valence-electron chi connectivity index (χ2n) is 4.45. The molecule has 0 radical (unpaired) electrons. The molecule has 0 amide bonds. The Morgan fingerprint density at radius 3 is 2.43 bits per heavy atom. The Bertz CT molecular complexity index is 487. The zero-order valence-electron chi connectivity index (χ0n) is 12.3. The summed E-state index contributed by atoms with van der Waals surface area (Å²) < 4.78 is 9.87. The van der Waals surface area contributed by atoms with Gasteiger partial charge in [0.15, 0.2) is 0 Å². The molecule has 0 spiro atoms. The lowest BCUT2D eigenvalue weighted by atomic mass is 10.1. The molecule has 0 aliphatic rings. The van der Waals surface area contributed by atoms with Gasteiger partial charge in [-0.25, -0.2) is 10.6 Å². The average molecular weight is 294 g/mol. The Hall–Kier alpha value is -2.25. The van der Waals surface area contributed by atoms with E-state index < -0.39 is 12.0 Å². The maximum Gasteiger partial charge on any atom is 0.330 e. The molecular formula is C14H22N4O3. The van der Waals surface area contributed by atoms with E-state index in [1.165, 1.54) is 18.3 Å². The van der Waals surface area contributed by atoms with Gasteiger partial charge in [-0.05, 0) is 17.7 Å². The van der Waals surface area contributed by atoms with Gasteiger partial charge in [-0.2, -0.15) is 0 Å². The number of esters is 1. The van der Waals surface area contributed by atoms with Crippen LogP contribution in [-0.4, -0.2) is 37.8 Å². The van der Waals surface area contributed by atoms with Crippen LogP contribution in [-0.2, 0) is 16.0 Å². The first-order chi connectivity index (χ1) is 10.0. The minimum absolute atomic E-state index is 0.157. The van der Waals surface area contributed by atoms with E-state index >= 15 is 0 Å². The van der Waals surface area contributed by atoms with Crippen LogP contribution < -0.4 is 22.0 Å². The lowest BCUT2D eigenvalue weighted by molar-refractivity contribution is -0.146. The van der Waals surface area contributed by atoms with Gasteiger partial charge in [0.05, 0.1) is 14.2 Å². The van der Waals surface area contributed by atoms with Crippen LogP contribution in [0, 0.1) is 0 Å². The molecule has 0 aromatic heterocycles. The molecule has 21 heavy (non-hydrogen) atoms. The smallest absolute Gasteiger partial charge is 0.330 e. The molecule has 0 fully saturated rings. The van der Waals surface area contributed by atoms with E-state index in [1.54, 1.807) is 7.11 Å². The van der Waals surface area contributed by atoms with Crippen LogP contribution in [0.3, 0.4) is 0 Å². The monoisotopic (exact) mass is 294 g/mol. The maximum absolute atomic E-state index is 11.9. The van der Waals surface area contributed by atoms with E-state index in [1.807, 2.05) is 24.3 Å². The molecule has 7 heteroatoms. The molecule has 0 saturated carbocycles. The molecule has 6 N–H and O–H groups in total. The molecule has 1 aromatic carbocycles. The Kier molecular flexibility index (Phi) is 6.51. The minimum Gasteiger partial charge on any atom is -0.497 e. The van der Waals surface area contributed by atoms with Gasteiger partial charge in [0.2, 0.25) is 0 Å². The zero-order valence-corrected chi connectivity index (χ0v) is 12.3. The summed E-state index contributed by atoms with van der Waals surface area (Å²) >= 11 is 0. The van der Waals surface area contributed by atoms with Crippen molar-refractivity contribution in [2.75, 3.05) is 20.8 Å². The number of hydrogen-bond donors (Lipinski definition) is 3. The van der Waals surface area contributed by atoms with E-state index in [2.05, 4.69) is 0 Å². The summed E-state index contributed by atoms with van der Waals surface area (Å²) in [6, 6.07) is 6.66. The van der Waals surface area contributed by atoms with E-state index in [-0.39, 0.29) is 6.54 Å². The number of nitrogens with zero attached hydrogens (tertiary/aromatic N) is 1. The lowest BCUT2D eigenvalue weighted by Crippen LogP contribution is -2.45. The van der Waals surface area contributed by atoms with Gasteiger partial charge in [0.1, 0.15) is 11.8 Å². The SMILES string of the molecule is COC(=O)[C@H](Cc1ccc(OC)cc1)N(N)/C=C(\N)CN. The van der Waals surface area contributed by atoms with Crippen LogP contribution in [0.15, 0.2) is 36.2 Å². The third-order valence-corrected chi connectivity index (χ3v) is 2.97. The number of nitrogens with two attached hydrogens (primary N) is 3. The quantitative estimate of drug-likeness (QED) is 0.359. The fourth-order valence-electron chi connectivity index (χ4n) is 1.77. The number of benzene rings is 1. The maximum atomic E-state index is 11.9. The lowest BCUT2D eigenvalue weighted by Gasteiger charge is -2.24. The Morgan fingerprint density at radius 2 is 1.95 bits per heavy atom. The first kappa shape index (κ1) is 16.8. The van der Waals surface area contributed by atoms with Crippen molar-refractivity contribution < 1.29 is 14.3 Å². The molecule has 7 nitrogen and oxygen atoms in total. The van der Waals surface area contributed by atoms with Crippen molar-refractivity contribution in [3.63, 3.8) is 0 Å². The van der Waals surface area contributed by atoms with Crippen LogP contribution in [0.25, 0.3) is 0 Å². The van der Waals surface area contributed by atoms with Gasteiger partial charge >= 0.3 is 5.97 Å². The largest absolute Gasteiger partial charge is 0.497 e. The number of hydrazine groups is 1. The van der Waals surface area contributed by atoms with Gasteiger partial charge < -0.3 is 25.9 Å². The number of carbonyl (C=O) groups is 1. The predicted octanol–water partition coefficient (Wildman–Crippen LogP) is -0.286. The van der Waals surface area contributed by atoms with Gasteiger partial charge in [0.25, 0.3) is 0 Å². The molecular weight excluding hydrogens is 272 g/mol. The second kappa shape index (κ2) is 8.13. The van der Waals surface area contributed by atoms with Crippen molar-refractivity contribution in [1.82, 2.24) is 5.01 Å². The summed E-state index contributed by atoms with van der Waals surface area (Å²) in [6.45, 7) is 0.157. The van der Waals surface area contributed by atoms with E-state index in [0.717, 1.165) is 11.3 Å². The van der Waals surface area contributed by atoms with Crippen LogP contribution >= 0.6 is 0 Å². The van der Waals surface area contributed by atoms with Crippen molar-refractivity contribution in [1.29, 1.82) is 0 Å². The number of carbonyl (C=O) groups excluding carboxylic acids is 1. The third kappa shape index (κ3) is 4.97. The second-order valence-corrected chi connectivity index (χ2v) is 4.45. The molecule has 1 rings (SSSR count). The van der Waals surface area contributed by atoms with Gasteiger partial charge in [-0.1, -0.05) is 12.1 Å². The van der Waals surface area contributed by atoms with Crippen LogP contribution in [0.1, 0.15) is 5.56 Å². The van der Waals surface area contributed by atoms with E-state index in [0.29, 0.717) is 12.1 Å². The van der Waals surface area contributed by atoms with Crippen LogP contribution in [0.2, 0.25) is 0 Å². The average Bonchev–Trinajstić information content (AvgIpc) is 2.52. The molecule has 0 aliphatic carbocycles. The highest BCUT2D eigenvalue weighted by Crippen LogP contribution is 2.14. The van der Waals surface area contributed by atoms with Crippen LogP contribution in [0.5, 0.6) is 5.75 Å². The number of hydrogen-bond acceptors (Lipinski definition) is 7. The number of methoxy groups -OCH3 is 2. The molecule has 0 saturated heterocycles. The fraction of sp³-hybridized carbons (Fsp3) is 0.357. The topological polar surface area (TPSA) is 117 Å². The van der Waals surface area contributed by atoms with Crippen molar-refractivity contribution in [3.8, 4) is 5.75 Å². The minimum atomic E-state index is -0.687. The van der Waals surface area contributed by atoms with Crippen LogP contribution in [0.4, 0.5) is 0 Å². The summed E-state index contributed by atoms with van der Waals surface area (Å²) in [5, 5.41) is 1.22. The number of rotatable bonds is 7. The Morgan fingerprint density at radius 1 is 1.33 bits per heavy atom. The van der Waals surface area contributed by atoms with Gasteiger partial charge in [-0.3, -0.25) is 0 Å². The standard InChI is InChI=1S/C14H22N4O3/c1-20-12-5-3-10(4-6-12)7-13(14(19)21-2)18(17)9-11(16)8-15/h3-6,9,13H,7-8,15-17H2,1-2H3/b11-9-/t13-/m0/s1. The highest BCUT2D eigenvalue weighted by molar-refractivity contribution is 5.76. The van der Waals surface area contributed by atoms with E-state index in [4.69, 9.17) is 26.8 Å². The summed E-state index contributed by atoms with van der Waals surface area (Å²) in [5.74, 6) is 6.16. The first-order valence-corrected chi connectivity index (χ1v) is 6.41. The third-order valence-electron chi connectivity index (χ3n) is 2.97. The van der Waals surface area contributed by atoms with Gasteiger partial charge in [0, 0.05) is 24.9 Å². The summed E-state index contributed by atoms with van der Waals surface area (Å²) in [4.78, 5) is 11.9. The number of ether oxygens (including phenoxy) is 2. The molecule has 0 heterocycles. The van der Waals surface area contributed by atoms with Crippen molar-refractivity contribution in [3.05, 3.63) is 41.7 Å². The summed E-state index contributed by atoms with van der Waals surface area (Å²) in [5.41, 5.74) is 12.3. The fourth-order valence-corrected chi connectivity index (χ4v) is 1.77. The highest BCUT2D eigenvalue weighted by atomic mass is 16.5. The predicted molar refractivity (Wildman–Crippen MR) is 79.9 cm³/mol. The Balaban J connectivity index is 2.89. The molecule has 0 aliphatic heterocycles. The molecule has 0 unspecified atom stereocenters. The normalized spacial score (nSPS) is 12.7. The summed E-state index contributed by atoms with van der Waals surface area (Å²) in [7, 11) is 2.90. The first-order valence-electron chi connectivity index (χ1n) is 6.41. The molecule has 1 atom stereocenters. The van der Waals surface area contributed by atoms with Crippen molar-refractivity contribution >= 4 is 5.97 Å². The molecule has 0 bridgehead atoms. The van der Waals surface area contributed by atoms with Crippen molar-refractivity contribution in [2.45, 2.75) is 12.5 Å². The summed E-state index contributed by atoms with van der Waals surface area (Å²) in [6.07, 6.45) is 1.81. The highest BCUT2D eigenvalue weighted by Gasteiger charge is 2.23. The van der Waals surface area contributed by atoms with Crippen molar-refractivity contribution in [2.24, 2.45) is 17.3 Å². The molecule has 1 aromatic rings. The Labute approximate surface area is 124 Å².